The number of benzene rings is 1. The smallest absolute Gasteiger partial charge is 0.220 e. The minimum absolute atomic E-state index is 0.0136. The molecule has 2 aliphatic heterocycles. The van der Waals surface area contributed by atoms with Gasteiger partial charge in [-0.2, -0.15) is 0 Å². The molecule has 1 spiro atoms. The van der Waals surface area contributed by atoms with Crippen LogP contribution in [0.25, 0.3) is 0 Å². The van der Waals surface area contributed by atoms with Gasteiger partial charge in [-0.15, -0.1) is 0 Å². The Balaban J connectivity index is 1.48. The van der Waals surface area contributed by atoms with Gasteiger partial charge in [0.1, 0.15) is 18.5 Å². The van der Waals surface area contributed by atoms with E-state index in [9.17, 15) is 9.90 Å². The second-order valence-corrected chi connectivity index (χ2v) is 9.71. The lowest BCUT2D eigenvalue weighted by Crippen LogP contribution is -2.52. The first-order chi connectivity index (χ1) is 13.6. The fourth-order valence-electron chi connectivity index (χ4n) is 3.83. The second kappa shape index (κ2) is 8.95. The molecule has 0 saturated carbocycles. The number of hydrogen-bond donors (Lipinski definition) is 2. The number of amides is 1. The molecule has 2 N–H and O–H groups in total. The van der Waals surface area contributed by atoms with Gasteiger partial charge in [-0.1, -0.05) is 23.4 Å². The van der Waals surface area contributed by atoms with E-state index in [1.54, 1.807) is 6.07 Å². The van der Waals surface area contributed by atoms with E-state index in [-0.39, 0.29) is 23.5 Å². The lowest BCUT2D eigenvalue weighted by molar-refractivity contribution is -0.120. The third-order valence-electron chi connectivity index (χ3n) is 5.41. The molecule has 0 bridgehead atoms. The number of aliphatic hydroxyl groups is 1. The van der Waals surface area contributed by atoms with Crippen molar-refractivity contribution in [2.45, 2.75) is 58.1 Å². The molecule has 0 aliphatic carbocycles. The summed E-state index contributed by atoms with van der Waals surface area (Å²) in [4.78, 5) is 13.8. The number of β-amino-alcohol motifs (C(OH)–C–C–N with tert-alkyl or cyclic N) is 1. The summed E-state index contributed by atoms with van der Waals surface area (Å²) >= 11 is 6.19. The normalized spacial score (nSPS) is 20.1. The summed E-state index contributed by atoms with van der Waals surface area (Å²) in [5.41, 5.74) is 0.700. The first kappa shape index (κ1) is 22.0. The third-order valence-corrected chi connectivity index (χ3v) is 5.63. The van der Waals surface area contributed by atoms with Gasteiger partial charge in [0.25, 0.3) is 0 Å². The number of carbonyl (C=O) groups excluding carboxylic acids is 1. The van der Waals surface area contributed by atoms with Crippen LogP contribution in [0.4, 0.5) is 0 Å². The van der Waals surface area contributed by atoms with Gasteiger partial charge in [-0.3, -0.25) is 4.79 Å². The molecular weight excluding hydrogens is 388 g/mol. The molecule has 2 saturated heterocycles. The van der Waals surface area contributed by atoms with Gasteiger partial charge in [0.2, 0.25) is 5.91 Å². The number of piperidine rings is 1. The Hall–Kier alpha value is -1.74. The number of rotatable bonds is 5. The summed E-state index contributed by atoms with van der Waals surface area (Å²) < 4.78 is 5.78. The average molecular weight is 419 g/mol. The fourth-order valence-corrected chi connectivity index (χ4v) is 4.06. The van der Waals surface area contributed by atoms with Crippen LogP contribution in [-0.2, 0) is 4.79 Å². The van der Waals surface area contributed by atoms with Crippen molar-refractivity contribution in [3.8, 4) is 17.6 Å². The number of likely N-dealkylation sites (tertiary alicyclic amines) is 1. The van der Waals surface area contributed by atoms with Crippen LogP contribution >= 0.6 is 11.6 Å². The number of ether oxygens (including phenoxy) is 1. The molecule has 1 aromatic carbocycles. The molecule has 29 heavy (non-hydrogen) atoms. The van der Waals surface area contributed by atoms with Crippen molar-refractivity contribution in [2.75, 3.05) is 26.2 Å². The lowest BCUT2D eigenvalue weighted by atomic mass is 9.86. The van der Waals surface area contributed by atoms with Gasteiger partial charge in [-0.25, -0.2) is 0 Å². The van der Waals surface area contributed by atoms with Crippen molar-refractivity contribution in [1.82, 2.24) is 10.2 Å². The highest BCUT2D eigenvalue weighted by Crippen LogP contribution is 2.31. The van der Waals surface area contributed by atoms with E-state index in [1.807, 2.05) is 12.1 Å². The first-order valence-corrected chi connectivity index (χ1v) is 10.7. The molecule has 2 heterocycles. The zero-order chi connectivity index (χ0) is 21.1. The molecule has 1 aromatic rings. The summed E-state index contributed by atoms with van der Waals surface area (Å²) in [6.07, 6.45) is 2.86. The van der Waals surface area contributed by atoms with Crippen LogP contribution in [0.1, 0.15) is 52.0 Å². The largest absolute Gasteiger partial charge is 0.491 e. The van der Waals surface area contributed by atoms with E-state index in [0.29, 0.717) is 23.7 Å². The third kappa shape index (κ3) is 6.64. The van der Waals surface area contributed by atoms with E-state index in [1.165, 1.54) is 0 Å². The summed E-state index contributed by atoms with van der Waals surface area (Å²) in [7, 11) is 0. The summed E-state index contributed by atoms with van der Waals surface area (Å²) in [5.74, 6) is 7.10. The van der Waals surface area contributed by atoms with Crippen molar-refractivity contribution in [3.05, 3.63) is 28.8 Å². The predicted octanol–water partition coefficient (Wildman–Crippen LogP) is 3.22. The minimum Gasteiger partial charge on any atom is -0.491 e. The number of hydrogen-bond acceptors (Lipinski definition) is 4. The molecule has 2 aliphatic rings. The SMILES string of the molecule is CC(C)(C)C#Cc1cc(Cl)cc(OCC(O)CN2CCC3(CCC(=O)N3)CC2)c1. The molecule has 2 fully saturated rings. The van der Waals surface area contributed by atoms with Crippen molar-refractivity contribution in [3.63, 3.8) is 0 Å². The second-order valence-electron chi connectivity index (χ2n) is 9.27. The Kier molecular flexibility index (Phi) is 6.78. The van der Waals surface area contributed by atoms with Gasteiger partial charge in [-0.05, 0) is 58.2 Å². The Bertz CT molecular complexity index is 799. The molecule has 5 nitrogen and oxygen atoms in total. The molecule has 3 rings (SSSR count). The van der Waals surface area contributed by atoms with Crippen LogP contribution in [0.2, 0.25) is 5.02 Å². The monoisotopic (exact) mass is 418 g/mol. The van der Waals surface area contributed by atoms with E-state index in [2.05, 4.69) is 42.8 Å². The van der Waals surface area contributed by atoms with Gasteiger partial charge in [0, 0.05) is 47.6 Å². The van der Waals surface area contributed by atoms with Crippen LogP contribution in [0.3, 0.4) is 0 Å². The highest BCUT2D eigenvalue weighted by Gasteiger charge is 2.40. The first-order valence-electron chi connectivity index (χ1n) is 10.3. The summed E-state index contributed by atoms with van der Waals surface area (Å²) in [6.45, 7) is 8.68. The lowest BCUT2D eigenvalue weighted by Gasteiger charge is -2.39. The van der Waals surface area contributed by atoms with Crippen molar-refractivity contribution >= 4 is 17.5 Å². The zero-order valence-electron chi connectivity index (χ0n) is 17.6. The van der Waals surface area contributed by atoms with Crippen LogP contribution in [0, 0.1) is 17.3 Å². The molecule has 158 valence electrons. The molecule has 1 atom stereocenters. The Morgan fingerprint density at radius 2 is 2.00 bits per heavy atom. The highest BCUT2D eigenvalue weighted by molar-refractivity contribution is 6.30. The highest BCUT2D eigenvalue weighted by atomic mass is 35.5. The Morgan fingerprint density at radius 1 is 1.28 bits per heavy atom. The predicted molar refractivity (Wildman–Crippen MR) is 115 cm³/mol. The van der Waals surface area contributed by atoms with Gasteiger partial charge in [0.15, 0.2) is 0 Å². The van der Waals surface area contributed by atoms with E-state index < -0.39 is 6.10 Å². The molecule has 0 aromatic heterocycles. The van der Waals surface area contributed by atoms with Crippen molar-refractivity contribution in [2.24, 2.45) is 5.41 Å². The zero-order valence-corrected chi connectivity index (χ0v) is 18.3. The molecule has 0 radical (unpaired) electrons. The summed E-state index contributed by atoms with van der Waals surface area (Å²) in [5, 5.41) is 14.1. The topological polar surface area (TPSA) is 61.8 Å². The minimum atomic E-state index is -0.592. The van der Waals surface area contributed by atoms with Crippen LogP contribution in [-0.4, -0.2) is 53.8 Å². The molecular formula is C23H31ClN2O3. The average Bonchev–Trinajstić information content (AvgIpc) is 3.00. The summed E-state index contributed by atoms with van der Waals surface area (Å²) in [6, 6.07) is 5.41. The van der Waals surface area contributed by atoms with Gasteiger partial charge in [0.05, 0.1) is 0 Å². The maximum absolute atomic E-state index is 11.5. The van der Waals surface area contributed by atoms with Gasteiger partial charge < -0.3 is 20.1 Å². The van der Waals surface area contributed by atoms with Crippen LogP contribution in [0.15, 0.2) is 18.2 Å². The number of nitrogens with zero attached hydrogens (tertiary/aromatic N) is 1. The number of aliphatic hydroxyl groups excluding tert-OH is 1. The number of halogens is 1. The fraction of sp³-hybridized carbons (Fsp3) is 0.609. The number of nitrogens with one attached hydrogen (secondary N) is 1. The van der Waals surface area contributed by atoms with E-state index in [0.717, 1.165) is 37.9 Å². The van der Waals surface area contributed by atoms with Crippen molar-refractivity contribution < 1.29 is 14.6 Å². The van der Waals surface area contributed by atoms with Crippen LogP contribution < -0.4 is 10.1 Å². The maximum atomic E-state index is 11.5. The Morgan fingerprint density at radius 3 is 2.62 bits per heavy atom. The Labute approximate surface area is 178 Å². The molecule has 6 heteroatoms. The molecule has 1 unspecified atom stereocenters. The van der Waals surface area contributed by atoms with Crippen molar-refractivity contribution in [1.29, 1.82) is 0 Å². The maximum Gasteiger partial charge on any atom is 0.220 e. The number of carbonyl (C=O) groups is 1. The quantitative estimate of drug-likeness (QED) is 0.721. The molecule has 1 amide bonds. The van der Waals surface area contributed by atoms with E-state index in [4.69, 9.17) is 16.3 Å². The standard InChI is InChI=1S/C23H31ClN2O3/c1-22(2,3)6-4-17-12-18(24)14-20(13-17)29-16-19(27)15-26-10-8-23(9-11-26)7-5-21(28)25-23/h12-14,19,27H,5,7-11,15-16H2,1-3H3,(H,25,28). The van der Waals surface area contributed by atoms with Crippen LogP contribution in [0.5, 0.6) is 5.75 Å². The van der Waals surface area contributed by atoms with E-state index >= 15 is 0 Å². The van der Waals surface area contributed by atoms with Gasteiger partial charge >= 0.3 is 0 Å².